The van der Waals surface area contributed by atoms with Gasteiger partial charge in [0.1, 0.15) is 12.1 Å². The Morgan fingerprint density at radius 2 is 2.11 bits per heavy atom. The maximum absolute atomic E-state index is 5.92. The number of hydrogen-bond acceptors (Lipinski definition) is 5. The van der Waals surface area contributed by atoms with Gasteiger partial charge in [0.15, 0.2) is 5.82 Å². The molecule has 0 saturated carbocycles. The molecule has 19 heavy (non-hydrogen) atoms. The lowest BCUT2D eigenvalue weighted by Gasteiger charge is -2.08. The van der Waals surface area contributed by atoms with Gasteiger partial charge in [0.05, 0.1) is 12.1 Å². The van der Waals surface area contributed by atoms with E-state index in [1.54, 1.807) is 6.33 Å². The average molecular weight is 275 g/mol. The third-order valence-electron chi connectivity index (χ3n) is 2.80. The fourth-order valence-electron chi connectivity index (χ4n) is 1.81. The van der Waals surface area contributed by atoms with Crippen LogP contribution in [-0.2, 0) is 13.6 Å². The second-order valence-electron chi connectivity index (χ2n) is 4.07. The monoisotopic (exact) mass is 274 g/mol. The number of halogens is 1. The van der Waals surface area contributed by atoms with E-state index in [-0.39, 0.29) is 5.28 Å². The zero-order chi connectivity index (χ0) is 13.2. The molecule has 0 radical (unpaired) electrons. The molecule has 0 amide bonds. The maximum atomic E-state index is 5.92. The third-order valence-corrected chi connectivity index (χ3v) is 2.96. The van der Waals surface area contributed by atoms with E-state index < -0.39 is 0 Å². The van der Waals surface area contributed by atoms with Crippen LogP contribution in [0.3, 0.4) is 0 Å². The molecule has 7 heteroatoms. The molecule has 0 saturated heterocycles. The number of hydrogen-bond donors (Lipinski definition) is 1. The molecule has 0 aliphatic carbocycles. The molecule has 3 rings (SSSR count). The number of nitrogens with one attached hydrogen (secondary N) is 1. The van der Waals surface area contributed by atoms with Crippen LogP contribution < -0.4 is 5.32 Å². The number of anilines is 1. The highest BCUT2D eigenvalue weighted by molar-refractivity contribution is 6.28. The summed E-state index contributed by atoms with van der Waals surface area (Å²) in [7, 11) is 1.89. The summed E-state index contributed by atoms with van der Waals surface area (Å²) >= 11 is 5.92. The second kappa shape index (κ2) is 4.81. The Morgan fingerprint density at radius 3 is 2.89 bits per heavy atom. The van der Waals surface area contributed by atoms with Gasteiger partial charge in [-0.3, -0.25) is 0 Å². The van der Waals surface area contributed by atoms with Gasteiger partial charge in [-0.2, -0.15) is 0 Å². The zero-order valence-corrected chi connectivity index (χ0v) is 11.0. The predicted molar refractivity (Wildman–Crippen MR) is 72.9 cm³/mol. The Labute approximate surface area is 114 Å². The van der Waals surface area contributed by atoms with Gasteiger partial charge in [0.25, 0.3) is 0 Å². The molecule has 3 aromatic rings. The first-order chi connectivity index (χ1) is 9.24. The highest BCUT2D eigenvalue weighted by Gasteiger charge is 2.07. The van der Waals surface area contributed by atoms with Gasteiger partial charge < -0.3 is 9.88 Å². The Kier molecular flexibility index (Phi) is 3.00. The molecule has 0 aliphatic rings. The van der Waals surface area contributed by atoms with Crippen molar-refractivity contribution in [3.8, 4) is 0 Å². The number of fused-ring (bicyclic) bond motifs is 1. The van der Waals surface area contributed by atoms with Crippen LogP contribution in [0.1, 0.15) is 5.82 Å². The molecule has 1 aromatic carbocycles. The number of aryl methyl sites for hydroxylation is 1. The first-order valence-corrected chi connectivity index (χ1v) is 6.11. The molecule has 0 unspecified atom stereocenters. The molecular formula is C12H11ClN6. The van der Waals surface area contributed by atoms with E-state index in [9.17, 15) is 0 Å². The van der Waals surface area contributed by atoms with Crippen LogP contribution in [0.25, 0.3) is 10.9 Å². The second-order valence-corrected chi connectivity index (χ2v) is 4.41. The van der Waals surface area contributed by atoms with Crippen LogP contribution in [0.15, 0.2) is 30.6 Å². The molecule has 0 bridgehead atoms. The van der Waals surface area contributed by atoms with Gasteiger partial charge in [-0.1, -0.05) is 12.1 Å². The van der Waals surface area contributed by atoms with Crippen molar-refractivity contribution in [1.82, 2.24) is 24.7 Å². The zero-order valence-electron chi connectivity index (χ0n) is 10.2. The van der Waals surface area contributed by atoms with Gasteiger partial charge in [-0.25, -0.2) is 9.97 Å². The minimum atomic E-state index is 0.221. The van der Waals surface area contributed by atoms with Crippen LogP contribution in [-0.4, -0.2) is 24.7 Å². The molecule has 0 atom stereocenters. The van der Waals surface area contributed by atoms with Crippen molar-refractivity contribution in [2.75, 3.05) is 5.32 Å². The Hall–Kier alpha value is -2.21. The van der Waals surface area contributed by atoms with Crippen molar-refractivity contribution < 1.29 is 0 Å². The Balaban J connectivity index is 1.94. The molecular weight excluding hydrogens is 264 g/mol. The average Bonchev–Trinajstić information content (AvgIpc) is 2.81. The summed E-state index contributed by atoms with van der Waals surface area (Å²) in [6.07, 6.45) is 1.65. The summed E-state index contributed by atoms with van der Waals surface area (Å²) in [6.45, 7) is 0.522. The summed E-state index contributed by atoms with van der Waals surface area (Å²) in [4.78, 5) is 8.40. The minimum Gasteiger partial charge on any atom is -0.362 e. The largest absolute Gasteiger partial charge is 0.362 e. The van der Waals surface area contributed by atoms with Crippen LogP contribution in [0.2, 0.25) is 5.28 Å². The van der Waals surface area contributed by atoms with Crippen molar-refractivity contribution in [3.05, 3.63) is 41.7 Å². The fourth-order valence-corrected chi connectivity index (χ4v) is 1.99. The van der Waals surface area contributed by atoms with E-state index in [0.717, 1.165) is 16.7 Å². The Bertz CT molecular complexity index is 723. The number of benzene rings is 1. The van der Waals surface area contributed by atoms with Gasteiger partial charge in [0, 0.05) is 12.4 Å². The van der Waals surface area contributed by atoms with Crippen LogP contribution in [0.4, 0.5) is 5.82 Å². The van der Waals surface area contributed by atoms with E-state index in [1.807, 2.05) is 35.9 Å². The number of para-hydroxylation sites is 1. The van der Waals surface area contributed by atoms with Crippen molar-refractivity contribution in [2.24, 2.45) is 7.05 Å². The van der Waals surface area contributed by atoms with Gasteiger partial charge in [-0.05, 0) is 23.7 Å². The minimum absolute atomic E-state index is 0.221. The lowest BCUT2D eigenvalue weighted by atomic mass is 10.2. The smallest absolute Gasteiger partial charge is 0.224 e. The summed E-state index contributed by atoms with van der Waals surface area (Å²) in [6, 6.07) is 7.70. The van der Waals surface area contributed by atoms with Crippen LogP contribution in [0, 0.1) is 0 Å². The quantitative estimate of drug-likeness (QED) is 0.740. The van der Waals surface area contributed by atoms with Gasteiger partial charge >= 0.3 is 0 Å². The van der Waals surface area contributed by atoms with Gasteiger partial charge in [0.2, 0.25) is 5.28 Å². The topological polar surface area (TPSA) is 68.5 Å². The van der Waals surface area contributed by atoms with Gasteiger partial charge in [-0.15, -0.1) is 10.2 Å². The molecule has 2 heterocycles. The predicted octanol–water partition coefficient (Wildman–Crippen LogP) is 2.02. The highest BCUT2D eigenvalue weighted by Crippen LogP contribution is 2.21. The van der Waals surface area contributed by atoms with E-state index in [2.05, 4.69) is 25.5 Å². The lowest BCUT2D eigenvalue weighted by Crippen LogP contribution is -2.07. The first kappa shape index (κ1) is 11.9. The van der Waals surface area contributed by atoms with E-state index in [0.29, 0.717) is 12.4 Å². The van der Waals surface area contributed by atoms with E-state index >= 15 is 0 Å². The summed E-state index contributed by atoms with van der Waals surface area (Å²) in [5.74, 6) is 1.51. The van der Waals surface area contributed by atoms with Crippen molar-refractivity contribution in [2.45, 2.75) is 6.54 Å². The maximum Gasteiger partial charge on any atom is 0.224 e. The first-order valence-electron chi connectivity index (χ1n) is 5.73. The van der Waals surface area contributed by atoms with E-state index in [4.69, 9.17) is 11.6 Å². The summed E-state index contributed by atoms with van der Waals surface area (Å²) in [5, 5.41) is 12.2. The summed E-state index contributed by atoms with van der Waals surface area (Å²) in [5.41, 5.74) is 0.808. The van der Waals surface area contributed by atoms with Crippen molar-refractivity contribution in [3.63, 3.8) is 0 Å². The number of rotatable bonds is 3. The van der Waals surface area contributed by atoms with Crippen molar-refractivity contribution in [1.29, 1.82) is 0 Å². The molecule has 2 aromatic heterocycles. The van der Waals surface area contributed by atoms with Crippen LogP contribution >= 0.6 is 11.6 Å². The molecule has 0 fully saturated rings. The van der Waals surface area contributed by atoms with Crippen molar-refractivity contribution >= 4 is 28.3 Å². The fraction of sp³-hybridized carbons (Fsp3) is 0.167. The molecule has 0 aliphatic heterocycles. The SMILES string of the molecule is Cn1cnnc1CNc1nc(Cl)nc2ccccc12. The molecule has 96 valence electrons. The normalized spacial score (nSPS) is 10.8. The lowest BCUT2D eigenvalue weighted by molar-refractivity contribution is 0.810. The molecule has 6 nitrogen and oxygen atoms in total. The number of aromatic nitrogens is 5. The summed E-state index contributed by atoms with van der Waals surface area (Å²) < 4.78 is 1.85. The Morgan fingerprint density at radius 1 is 1.26 bits per heavy atom. The van der Waals surface area contributed by atoms with E-state index in [1.165, 1.54) is 0 Å². The highest BCUT2D eigenvalue weighted by atomic mass is 35.5. The molecule has 0 spiro atoms. The number of nitrogens with zero attached hydrogens (tertiary/aromatic N) is 5. The standard InChI is InChI=1S/C12H11ClN6/c1-19-7-15-18-10(19)6-14-11-8-4-2-3-5-9(8)16-12(13)17-11/h2-5,7H,6H2,1H3,(H,14,16,17). The van der Waals surface area contributed by atoms with Crippen LogP contribution in [0.5, 0.6) is 0 Å². The molecule has 1 N–H and O–H groups in total. The third kappa shape index (κ3) is 2.34.